The van der Waals surface area contributed by atoms with Crippen molar-refractivity contribution in [1.82, 2.24) is 15.5 Å². The number of ether oxygens (including phenoxy) is 1. The van der Waals surface area contributed by atoms with Crippen LogP contribution in [0.3, 0.4) is 0 Å². The highest BCUT2D eigenvalue weighted by molar-refractivity contribution is 5.99. The van der Waals surface area contributed by atoms with Crippen LogP contribution >= 0.6 is 0 Å². The molecule has 0 unspecified atom stereocenters. The number of anilines is 2. The lowest BCUT2D eigenvalue weighted by atomic mass is 9.87. The molecule has 9 heteroatoms. The zero-order chi connectivity index (χ0) is 22.4. The van der Waals surface area contributed by atoms with E-state index in [1.807, 2.05) is 0 Å². The van der Waals surface area contributed by atoms with E-state index in [0.29, 0.717) is 17.2 Å². The maximum Gasteiger partial charge on any atom is 0.326 e. The number of aromatic nitrogens is 2. The van der Waals surface area contributed by atoms with Gasteiger partial charge in [0.15, 0.2) is 11.4 Å². The van der Waals surface area contributed by atoms with Gasteiger partial charge in [-0.15, -0.1) is 0 Å². The summed E-state index contributed by atoms with van der Waals surface area (Å²) < 4.78 is 11.0. The lowest BCUT2D eigenvalue weighted by Gasteiger charge is -2.18. The quantitative estimate of drug-likeness (QED) is 0.513. The molecule has 0 radical (unpaired) electrons. The minimum Gasteiger partial charge on any atom is -0.455 e. The Balaban J connectivity index is 1.61. The summed E-state index contributed by atoms with van der Waals surface area (Å²) in [6.45, 7) is 6.18. The van der Waals surface area contributed by atoms with E-state index in [0.717, 1.165) is 12.1 Å². The predicted octanol–water partition coefficient (Wildman–Crippen LogP) is 4.55. The number of amides is 3. The van der Waals surface area contributed by atoms with Crippen LogP contribution in [0.1, 0.15) is 43.4 Å². The molecule has 0 saturated heterocycles. The Bertz CT molecular complexity index is 1060. The molecule has 3 rings (SSSR count). The van der Waals surface area contributed by atoms with Gasteiger partial charge in [-0.3, -0.25) is 10.1 Å². The number of urea groups is 1. The van der Waals surface area contributed by atoms with Gasteiger partial charge in [0, 0.05) is 30.4 Å². The van der Waals surface area contributed by atoms with Gasteiger partial charge in [-0.1, -0.05) is 25.9 Å². The topological polar surface area (TPSA) is 118 Å². The van der Waals surface area contributed by atoms with Crippen LogP contribution in [0.4, 0.5) is 16.4 Å². The lowest BCUT2D eigenvalue weighted by Crippen LogP contribution is -2.20. The minimum absolute atomic E-state index is 0.137. The van der Waals surface area contributed by atoms with Crippen LogP contribution in [-0.2, 0) is 5.41 Å². The van der Waals surface area contributed by atoms with E-state index in [1.165, 1.54) is 13.2 Å². The van der Waals surface area contributed by atoms with Gasteiger partial charge in [0.25, 0.3) is 5.91 Å². The third-order valence-corrected chi connectivity index (χ3v) is 4.88. The molecule has 31 heavy (non-hydrogen) atoms. The molecular formula is C22H25N5O4. The highest BCUT2D eigenvalue weighted by atomic mass is 16.5. The van der Waals surface area contributed by atoms with Gasteiger partial charge in [-0.05, 0) is 42.8 Å². The smallest absolute Gasteiger partial charge is 0.326 e. The molecule has 1 aromatic carbocycles. The predicted molar refractivity (Wildman–Crippen MR) is 117 cm³/mol. The molecule has 9 nitrogen and oxygen atoms in total. The van der Waals surface area contributed by atoms with Crippen LogP contribution in [0.2, 0.25) is 0 Å². The third kappa shape index (κ3) is 5.39. The molecule has 3 N–H and O–H groups in total. The van der Waals surface area contributed by atoms with E-state index < -0.39 is 6.03 Å². The number of carbonyl (C=O) groups is 2. The Morgan fingerprint density at radius 1 is 1.13 bits per heavy atom. The lowest BCUT2D eigenvalue weighted by molar-refractivity contribution is 0.0955. The second-order valence-electron chi connectivity index (χ2n) is 7.45. The van der Waals surface area contributed by atoms with Crippen molar-refractivity contribution in [3.8, 4) is 11.5 Å². The van der Waals surface area contributed by atoms with Crippen molar-refractivity contribution in [1.29, 1.82) is 0 Å². The summed E-state index contributed by atoms with van der Waals surface area (Å²) in [5.41, 5.74) is 1.38. The first-order valence-electron chi connectivity index (χ1n) is 9.82. The van der Waals surface area contributed by atoms with Crippen LogP contribution < -0.4 is 20.7 Å². The van der Waals surface area contributed by atoms with Crippen molar-refractivity contribution in [3.05, 3.63) is 60.0 Å². The molecular weight excluding hydrogens is 398 g/mol. The fraction of sp³-hybridized carbons (Fsp3) is 0.273. The van der Waals surface area contributed by atoms with Crippen molar-refractivity contribution in [3.63, 3.8) is 0 Å². The largest absolute Gasteiger partial charge is 0.455 e. The van der Waals surface area contributed by atoms with Crippen LogP contribution in [0, 0.1) is 0 Å². The molecule has 3 aromatic rings. The summed E-state index contributed by atoms with van der Waals surface area (Å²) in [5, 5.41) is 11.9. The van der Waals surface area contributed by atoms with Gasteiger partial charge in [0.1, 0.15) is 5.75 Å². The number of rotatable bonds is 7. The van der Waals surface area contributed by atoms with Gasteiger partial charge < -0.3 is 19.9 Å². The minimum atomic E-state index is -0.458. The van der Waals surface area contributed by atoms with Gasteiger partial charge in [0.2, 0.25) is 5.88 Å². The molecule has 0 fully saturated rings. The van der Waals surface area contributed by atoms with Crippen molar-refractivity contribution >= 4 is 23.5 Å². The van der Waals surface area contributed by atoms with Crippen LogP contribution in [0.15, 0.2) is 53.2 Å². The number of nitrogens with one attached hydrogen (secondary N) is 3. The second kappa shape index (κ2) is 9.29. The number of carbonyl (C=O) groups excluding carboxylic acids is 2. The van der Waals surface area contributed by atoms with E-state index in [1.54, 1.807) is 42.5 Å². The molecule has 0 saturated carbocycles. The number of pyridine rings is 1. The fourth-order valence-electron chi connectivity index (χ4n) is 2.60. The van der Waals surface area contributed by atoms with E-state index in [9.17, 15) is 9.59 Å². The van der Waals surface area contributed by atoms with Gasteiger partial charge in [-0.25, -0.2) is 9.78 Å². The molecule has 0 aliphatic carbocycles. The summed E-state index contributed by atoms with van der Waals surface area (Å²) >= 11 is 0. The zero-order valence-electron chi connectivity index (χ0n) is 17.9. The first-order valence-corrected chi connectivity index (χ1v) is 9.82. The van der Waals surface area contributed by atoms with Crippen molar-refractivity contribution in [2.45, 2.75) is 32.6 Å². The van der Waals surface area contributed by atoms with Crippen molar-refractivity contribution in [2.24, 2.45) is 0 Å². The number of benzene rings is 1. The third-order valence-electron chi connectivity index (χ3n) is 4.88. The highest BCUT2D eigenvalue weighted by Crippen LogP contribution is 2.28. The Morgan fingerprint density at radius 3 is 2.55 bits per heavy atom. The monoisotopic (exact) mass is 423 g/mol. The summed E-state index contributed by atoms with van der Waals surface area (Å²) in [4.78, 5) is 28.2. The van der Waals surface area contributed by atoms with Crippen LogP contribution in [0.5, 0.6) is 11.5 Å². The molecule has 0 aliphatic rings. The molecule has 0 bridgehead atoms. The first-order chi connectivity index (χ1) is 14.8. The SMILES string of the molecule is CCC(C)(C)c1cc(NC(=O)Nc2ccc(Oc3cccnc3C(=O)NC)cc2)on1. The van der Waals surface area contributed by atoms with Crippen molar-refractivity contribution < 1.29 is 18.8 Å². The maximum atomic E-state index is 12.2. The van der Waals surface area contributed by atoms with Crippen LogP contribution in [0.25, 0.3) is 0 Å². The Kier molecular flexibility index (Phi) is 6.54. The van der Waals surface area contributed by atoms with E-state index >= 15 is 0 Å². The molecule has 2 aromatic heterocycles. The van der Waals surface area contributed by atoms with Gasteiger partial charge in [-0.2, -0.15) is 0 Å². The van der Waals surface area contributed by atoms with Crippen LogP contribution in [-0.4, -0.2) is 29.1 Å². The standard InChI is InChI=1S/C22H25N5O4/c1-5-22(2,3)17-13-18(31-27-17)26-21(29)25-14-8-10-15(11-9-14)30-16-7-6-12-24-19(16)20(28)23-4/h6-13H,5H2,1-4H3,(H,23,28)(H2,25,26,29). The average molecular weight is 423 g/mol. The zero-order valence-corrected chi connectivity index (χ0v) is 17.9. The van der Waals surface area contributed by atoms with Gasteiger partial charge >= 0.3 is 6.03 Å². The second-order valence-corrected chi connectivity index (χ2v) is 7.45. The molecule has 0 atom stereocenters. The number of hydrogen-bond acceptors (Lipinski definition) is 6. The molecule has 0 spiro atoms. The molecule has 3 amide bonds. The van der Waals surface area contributed by atoms with E-state index in [-0.39, 0.29) is 22.9 Å². The van der Waals surface area contributed by atoms with E-state index in [2.05, 4.69) is 46.9 Å². The maximum absolute atomic E-state index is 12.2. The van der Waals surface area contributed by atoms with E-state index in [4.69, 9.17) is 9.26 Å². The highest BCUT2D eigenvalue weighted by Gasteiger charge is 2.23. The fourth-order valence-corrected chi connectivity index (χ4v) is 2.60. The normalized spacial score (nSPS) is 11.0. The molecule has 162 valence electrons. The Morgan fingerprint density at radius 2 is 1.87 bits per heavy atom. The average Bonchev–Trinajstić information content (AvgIpc) is 3.24. The summed E-state index contributed by atoms with van der Waals surface area (Å²) in [7, 11) is 1.52. The first kappa shape index (κ1) is 21.8. The molecule has 2 heterocycles. The summed E-state index contributed by atoms with van der Waals surface area (Å²) in [6, 6.07) is 11.3. The number of nitrogens with zero attached hydrogens (tertiary/aromatic N) is 2. The Hall–Kier alpha value is -3.88. The Labute approximate surface area is 180 Å². The van der Waals surface area contributed by atoms with Gasteiger partial charge in [0.05, 0.1) is 5.69 Å². The summed E-state index contributed by atoms with van der Waals surface area (Å²) in [6.07, 6.45) is 2.41. The number of hydrogen-bond donors (Lipinski definition) is 3. The summed E-state index contributed by atoms with van der Waals surface area (Å²) in [5.74, 6) is 0.748. The molecule has 0 aliphatic heterocycles. The van der Waals surface area contributed by atoms with Crippen molar-refractivity contribution in [2.75, 3.05) is 17.7 Å².